The van der Waals surface area contributed by atoms with Gasteiger partial charge in [0.05, 0.1) is 25.0 Å². The van der Waals surface area contributed by atoms with E-state index in [1.54, 1.807) is 0 Å². The third-order valence-corrected chi connectivity index (χ3v) is 10.3. The number of hydrogen-bond acceptors (Lipinski definition) is 5. The zero-order valence-corrected chi connectivity index (χ0v) is 22.6. The molecule has 9 unspecified atom stereocenters. The lowest BCUT2D eigenvalue weighted by atomic mass is 9.55. The Hall–Kier alpha value is -1.60. The zero-order valence-electron chi connectivity index (χ0n) is 22.6. The number of fused-ring (bicyclic) bond motifs is 1. The van der Waals surface area contributed by atoms with E-state index in [1.165, 1.54) is 6.08 Å². The van der Waals surface area contributed by atoms with E-state index < -0.39 is 6.10 Å². The van der Waals surface area contributed by atoms with Crippen molar-refractivity contribution in [2.24, 2.45) is 45.5 Å². The Bertz CT molecular complexity index is 826. The van der Waals surface area contributed by atoms with Crippen LogP contribution in [0.5, 0.6) is 0 Å². The summed E-state index contributed by atoms with van der Waals surface area (Å²) in [5.74, 6) is 1.34. The van der Waals surface area contributed by atoms with Gasteiger partial charge < -0.3 is 20.6 Å². The van der Waals surface area contributed by atoms with Crippen LogP contribution in [0.15, 0.2) is 17.3 Å². The number of hydrogen-bond donors (Lipinski definition) is 4. The molecule has 0 aliphatic heterocycles. The second kappa shape index (κ2) is 12.3. The van der Waals surface area contributed by atoms with Crippen molar-refractivity contribution in [1.82, 2.24) is 5.32 Å². The quantitative estimate of drug-likeness (QED) is 0.142. The van der Waals surface area contributed by atoms with E-state index in [0.717, 1.165) is 64.2 Å². The molecule has 0 heterocycles. The molecule has 0 aromatic heterocycles. The number of nitrogens with zero attached hydrogens (tertiary/aromatic N) is 3. The summed E-state index contributed by atoms with van der Waals surface area (Å²) in [6, 6.07) is 0. The number of amides is 1. The zero-order chi connectivity index (χ0) is 26.5. The van der Waals surface area contributed by atoms with Gasteiger partial charge in [0.1, 0.15) is 0 Å². The fraction of sp³-hybridized carbons (Fsp3) is 0.893. The van der Waals surface area contributed by atoms with Crippen LogP contribution in [0.4, 0.5) is 0 Å². The average molecular weight is 505 g/mol. The summed E-state index contributed by atoms with van der Waals surface area (Å²) < 4.78 is 0. The van der Waals surface area contributed by atoms with Gasteiger partial charge in [-0.2, -0.15) is 0 Å². The Labute approximate surface area is 216 Å². The molecule has 9 atom stereocenters. The Kier molecular flexibility index (Phi) is 9.89. The fourth-order valence-corrected chi connectivity index (χ4v) is 7.99. The van der Waals surface area contributed by atoms with Crippen molar-refractivity contribution in [3.8, 4) is 0 Å². The van der Waals surface area contributed by atoms with Gasteiger partial charge in [-0.3, -0.25) is 4.79 Å². The van der Waals surface area contributed by atoms with E-state index in [2.05, 4.69) is 43.0 Å². The van der Waals surface area contributed by atoms with Crippen molar-refractivity contribution in [3.05, 3.63) is 22.6 Å². The Morgan fingerprint density at radius 1 is 1.19 bits per heavy atom. The number of carbonyl (C=O) groups excluding carboxylic acids is 1. The molecule has 1 amide bonds. The van der Waals surface area contributed by atoms with Crippen LogP contribution in [-0.2, 0) is 4.79 Å². The summed E-state index contributed by atoms with van der Waals surface area (Å²) in [6.45, 7) is 9.00. The summed E-state index contributed by atoms with van der Waals surface area (Å²) in [7, 11) is 0. The van der Waals surface area contributed by atoms with E-state index in [-0.39, 0.29) is 41.5 Å². The van der Waals surface area contributed by atoms with Gasteiger partial charge in [-0.15, -0.1) is 0 Å². The summed E-state index contributed by atoms with van der Waals surface area (Å²) in [5.41, 5.74) is 8.21. The molecule has 3 rings (SSSR count). The highest BCUT2D eigenvalue weighted by molar-refractivity contribution is 5.87. The topological polar surface area (TPSA) is 139 Å². The molecule has 4 N–H and O–H groups in total. The minimum Gasteiger partial charge on any atom is -0.393 e. The SMILES string of the molecule is CC(CC/C=C/C(=O)NCN=[N+]=[N-])C1CCC2C(C(O)CC3CC(O)CCC3(C)C)CCC(O)C12C. The van der Waals surface area contributed by atoms with Crippen molar-refractivity contribution in [3.63, 3.8) is 0 Å². The first-order chi connectivity index (χ1) is 17.0. The smallest absolute Gasteiger partial charge is 0.243 e. The summed E-state index contributed by atoms with van der Waals surface area (Å²) in [6.07, 6.45) is 11.1. The molecule has 0 aromatic rings. The highest BCUT2D eigenvalue weighted by Crippen LogP contribution is 2.61. The van der Waals surface area contributed by atoms with Gasteiger partial charge in [-0.05, 0) is 116 Å². The standard InChI is InChI=1S/C28H48N4O4/c1-18(7-5-6-8-26(36)30-17-31-32-29)22-10-11-23-21(9-12-25(35)28(22,23)4)24(34)16-19-15-20(33)13-14-27(19,2)3/h6,8,18-25,33-35H,5,7,9-17H2,1-4H3,(H,30,36)/b8-6+. The molecule has 0 radical (unpaired) electrons. The number of nitrogens with one attached hydrogen (secondary N) is 1. The molecule has 0 aromatic carbocycles. The first kappa shape index (κ1) is 29.0. The van der Waals surface area contributed by atoms with Gasteiger partial charge in [0.25, 0.3) is 0 Å². The van der Waals surface area contributed by atoms with Crippen LogP contribution in [-0.4, -0.2) is 46.2 Å². The lowest BCUT2D eigenvalue weighted by Gasteiger charge is -2.51. The van der Waals surface area contributed by atoms with Crippen LogP contribution in [0, 0.1) is 40.4 Å². The minimum atomic E-state index is -0.391. The monoisotopic (exact) mass is 504 g/mol. The van der Waals surface area contributed by atoms with Gasteiger partial charge in [-0.1, -0.05) is 38.9 Å². The van der Waals surface area contributed by atoms with Gasteiger partial charge in [0.15, 0.2) is 0 Å². The second-order valence-corrected chi connectivity index (χ2v) is 12.7. The maximum Gasteiger partial charge on any atom is 0.243 e. The molecular weight excluding hydrogens is 456 g/mol. The van der Waals surface area contributed by atoms with Gasteiger partial charge in [0, 0.05) is 4.91 Å². The summed E-state index contributed by atoms with van der Waals surface area (Å²) in [5, 5.41) is 38.8. The number of allylic oxidation sites excluding steroid dienone is 1. The predicted molar refractivity (Wildman–Crippen MR) is 140 cm³/mol. The maximum atomic E-state index is 11.7. The number of azide groups is 1. The molecule has 0 saturated heterocycles. The third-order valence-electron chi connectivity index (χ3n) is 10.3. The van der Waals surface area contributed by atoms with Crippen LogP contribution in [0.25, 0.3) is 10.4 Å². The van der Waals surface area contributed by atoms with E-state index in [9.17, 15) is 20.1 Å². The van der Waals surface area contributed by atoms with E-state index in [0.29, 0.717) is 23.7 Å². The molecule has 3 aliphatic carbocycles. The molecule has 8 nitrogen and oxygen atoms in total. The van der Waals surface area contributed by atoms with Crippen LogP contribution < -0.4 is 5.32 Å². The summed E-state index contributed by atoms with van der Waals surface area (Å²) in [4.78, 5) is 14.4. The highest BCUT2D eigenvalue weighted by Gasteiger charge is 2.58. The van der Waals surface area contributed by atoms with E-state index in [1.807, 2.05) is 6.08 Å². The third kappa shape index (κ3) is 6.45. The Balaban J connectivity index is 1.60. The van der Waals surface area contributed by atoms with Crippen molar-refractivity contribution in [2.75, 3.05) is 6.67 Å². The number of carbonyl (C=O) groups is 1. The van der Waals surface area contributed by atoms with Crippen LogP contribution in [0.1, 0.15) is 91.9 Å². The average Bonchev–Trinajstić information content (AvgIpc) is 3.18. The molecular formula is C28H48N4O4. The first-order valence-electron chi connectivity index (χ1n) is 14.0. The molecule has 3 fully saturated rings. The van der Waals surface area contributed by atoms with E-state index in [4.69, 9.17) is 5.53 Å². The Morgan fingerprint density at radius 3 is 2.67 bits per heavy atom. The fourth-order valence-electron chi connectivity index (χ4n) is 7.99. The number of rotatable bonds is 10. The van der Waals surface area contributed by atoms with Gasteiger partial charge in [0.2, 0.25) is 5.91 Å². The molecule has 36 heavy (non-hydrogen) atoms. The highest BCUT2D eigenvalue weighted by atomic mass is 16.3. The molecule has 0 bridgehead atoms. The lowest BCUT2D eigenvalue weighted by molar-refractivity contribution is -0.117. The molecule has 3 saturated carbocycles. The second-order valence-electron chi connectivity index (χ2n) is 12.7. The Morgan fingerprint density at radius 2 is 1.94 bits per heavy atom. The predicted octanol–water partition coefficient (Wildman–Crippen LogP) is 5.08. The largest absolute Gasteiger partial charge is 0.393 e. The van der Waals surface area contributed by atoms with Crippen molar-refractivity contribution < 1.29 is 20.1 Å². The van der Waals surface area contributed by atoms with Crippen molar-refractivity contribution in [1.29, 1.82) is 0 Å². The van der Waals surface area contributed by atoms with Gasteiger partial charge in [-0.25, -0.2) is 0 Å². The van der Waals surface area contributed by atoms with Gasteiger partial charge >= 0.3 is 0 Å². The van der Waals surface area contributed by atoms with Crippen LogP contribution in [0.2, 0.25) is 0 Å². The number of aliphatic hydroxyl groups excluding tert-OH is 3. The van der Waals surface area contributed by atoms with Crippen LogP contribution in [0.3, 0.4) is 0 Å². The van der Waals surface area contributed by atoms with E-state index >= 15 is 0 Å². The summed E-state index contributed by atoms with van der Waals surface area (Å²) >= 11 is 0. The maximum absolute atomic E-state index is 11.7. The first-order valence-corrected chi connectivity index (χ1v) is 14.0. The minimum absolute atomic E-state index is 0.0539. The molecule has 8 heteroatoms. The molecule has 0 spiro atoms. The van der Waals surface area contributed by atoms with Crippen molar-refractivity contribution in [2.45, 2.75) is 110 Å². The molecule has 204 valence electrons. The normalized spacial score (nSPS) is 37.6. The van der Waals surface area contributed by atoms with Crippen molar-refractivity contribution >= 4 is 5.91 Å². The molecule has 3 aliphatic rings. The lowest BCUT2D eigenvalue weighted by Crippen LogP contribution is -2.51. The number of aliphatic hydroxyl groups is 3. The van der Waals surface area contributed by atoms with Crippen LogP contribution >= 0.6 is 0 Å².